The molecule has 0 aromatic carbocycles. The molecule has 0 radical (unpaired) electrons. The zero-order valence-electron chi connectivity index (χ0n) is 28.8. The lowest BCUT2D eigenvalue weighted by atomic mass is 9.40. The van der Waals surface area contributed by atoms with E-state index in [0.29, 0.717) is 30.4 Å². The number of carbonyl (C=O) groups excluding carboxylic acids is 5. The Morgan fingerprint density at radius 1 is 1.08 bits per heavy atom. The van der Waals surface area contributed by atoms with Crippen molar-refractivity contribution in [1.29, 1.82) is 0 Å². The summed E-state index contributed by atoms with van der Waals surface area (Å²) in [7, 11) is 1.14. The molecule has 1 aromatic rings. The molecular weight excluding hydrogens is 624 g/mol. The third-order valence-electron chi connectivity index (χ3n) is 12.8. The number of hydrogen-bond acceptors (Lipinski definition) is 12. The summed E-state index contributed by atoms with van der Waals surface area (Å²) in [4.78, 5) is 69.0. The summed E-state index contributed by atoms with van der Waals surface area (Å²) >= 11 is 0. The van der Waals surface area contributed by atoms with Gasteiger partial charge in [0.15, 0.2) is 17.5 Å². The summed E-state index contributed by atoms with van der Waals surface area (Å²) in [6.45, 7) is 12.0. The molecule has 0 unspecified atom stereocenters. The predicted octanol–water partition coefficient (Wildman–Crippen LogP) is 3.77. The van der Waals surface area contributed by atoms with E-state index in [-0.39, 0.29) is 18.4 Å². The number of esters is 4. The quantitative estimate of drug-likeness (QED) is 0.303. The number of cyclic esters (lactones) is 1. The van der Waals surface area contributed by atoms with Gasteiger partial charge in [-0.2, -0.15) is 0 Å². The monoisotopic (exact) mass is 670 g/mol. The number of ketones is 1. The van der Waals surface area contributed by atoms with Crippen LogP contribution in [0.15, 0.2) is 34.2 Å². The molecule has 1 aliphatic heterocycles. The van der Waals surface area contributed by atoms with E-state index in [9.17, 15) is 29.4 Å². The summed E-state index contributed by atoms with van der Waals surface area (Å²) < 4.78 is 28.7. The van der Waals surface area contributed by atoms with Crippen LogP contribution in [0.2, 0.25) is 0 Å². The minimum atomic E-state index is -2.62. The number of Topliss-reactive ketones (excluding diaryl/α,β-unsaturated/α-hetero) is 1. The number of aliphatic hydroxyl groups excluding tert-OH is 1. The van der Waals surface area contributed by atoms with E-state index in [0.717, 1.165) is 7.11 Å². The first-order chi connectivity index (χ1) is 22.4. The number of aliphatic hydroxyl groups is 2. The van der Waals surface area contributed by atoms with Gasteiger partial charge in [0.1, 0.15) is 12.2 Å². The smallest absolute Gasteiger partial charge is 0.335 e. The van der Waals surface area contributed by atoms with E-state index in [1.54, 1.807) is 47.6 Å². The van der Waals surface area contributed by atoms with Crippen molar-refractivity contribution in [3.05, 3.63) is 35.3 Å². The molecule has 2 heterocycles. The van der Waals surface area contributed by atoms with Crippen LogP contribution < -0.4 is 0 Å². The SMILES string of the molecule is CC[C@H](C)C(=O)O[C@]12C[C@@]3(C)[C@H]([C@@H](O)C(=O)OC)[C@@]1(C)[C@H]1CC[C@]4(C)C(=C1C(=O)[C@@]2(O)[C@H]3OC(=O)C(C)C)CC(=O)O[C@H]4c1ccoc1. The van der Waals surface area contributed by atoms with Gasteiger partial charge in [-0.1, -0.05) is 48.5 Å². The minimum absolute atomic E-state index is 0.158. The first-order valence-corrected chi connectivity index (χ1v) is 16.8. The van der Waals surface area contributed by atoms with Gasteiger partial charge in [-0.3, -0.25) is 19.2 Å². The van der Waals surface area contributed by atoms with Gasteiger partial charge in [0.05, 0.1) is 37.9 Å². The standard InChI is InChI=1S/C36H46O12/c1-9-18(4)29(41)48-35-16-33(6)25(24(38)30(42)44-8)34(35,7)20-10-12-32(5)21(14-22(37)46-27(32)19-11-13-45-15-19)23(20)26(39)36(35,43)31(33)47-28(40)17(2)3/h11,13,15,17-18,20,24-25,27,31,38,43H,9-10,12,14,16H2,1-8H3/t18-,20-,24+,25-,27-,31-,32+,33-,34+,35+,36+/m0/s1. The van der Waals surface area contributed by atoms with Crippen LogP contribution in [0.25, 0.3) is 0 Å². The zero-order chi connectivity index (χ0) is 35.4. The molecule has 12 nitrogen and oxygen atoms in total. The lowest BCUT2D eigenvalue weighted by Crippen LogP contribution is -2.80. The van der Waals surface area contributed by atoms with Crippen molar-refractivity contribution in [2.24, 2.45) is 39.9 Å². The molecule has 12 heteroatoms. The van der Waals surface area contributed by atoms with Gasteiger partial charge in [0, 0.05) is 39.7 Å². The Bertz CT molecular complexity index is 1590. The second-order valence-electron chi connectivity index (χ2n) is 15.5. The third-order valence-corrected chi connectivity index (χ3v) is 12.8. The van der Waals surface area contributed by atoms with Crippen molar-refractivity contribution >= 4 is 29.7 Å². The van der Waals surface area contributed by atoms with Crippen LogP contribution in [0.5, 0.6) is 0 Å². The summed E-state index contributed by atoms with van der Waals surface area (Å²) in [5, 5.41) is 25.1. The number of carbonyl (C=O) groups is 5. The molecule has 1 aromatic heterocycles. The van der Waals surface area contributed by atoms with Crippen LogP contribution in [0.3, 0.4) is 0 Å². The zero-order valence-corrected chi connectivity index (χ0v) is 28.8. The number of methoxy groups -OCH3 is 1. The number of ether oxygens (including phenoxy) is 4. The molecule has 4 fully saturated rings. The molecule has 5 aliphatic rings. The average molecular weight is 671 g/mol. The Kier molecular flexibility index (Phi) is 7.87. The van der Waals surface area contributed by atoms with Crippen molar-refractivity contribution in [1.82, 2.24) is 0 Å². The highest BCUT2D eigenvalue weighted by molar-refractivity contribution is 6.08. The Balaban J connectivity index is 1.67. The van der Waals surface area contributed by atoms with Crippen LogP contribution in [0.4, 0.5) is 0 Å². The maximum absolute atomic E-state index is 15.3. The van der Waals surface area contributed by atoms with Gasteiger partial charge in [-0.15, -0.1) is 0 Å². The topological polar surface area (TPSA) is 176 Å². The number of furan rings is 1. The molecule has 11 atom stereocenters. The van der Waals surface area contributed by atoms with Crippen molar-refractivity contribution in [3.8, 4) is 0 Å². The van der Waals surface area contributed by atoms with Gasteiger partial charge in [0.2, 0.25) is 5.60 Å². The van der Waals surface area contributed by atoms with Crippen LogP contribution in [-0.2, 0) is 42.9 Å². The second-order valence-corrected chi connectivity index (χ2v) is 15.5. The molecule has 4 aliphatic carbocycles. The van der Waals surface area contributed by atoms with Crippen molar-refractivity contribution in [3.63, 3.8) is 0 Å². The summed E-state index contributed by atoms with van der Waals surface area (Å²) in [5.41, 5.74) is -7.23. The summed E-state index contributed by atoms with van der Waals surface area (Å²) in [6.07, 6.45) is -0.569. The molecular formula is C36H46O12. The molecule has 1 saturated heterocycles. The van der Waals surface area contributed by atoms with Crippen LogP contribution in [0, 0.1) is 39.9 Å². The number of hydrogen-bond donors (Lipinski definition) is 2. The van der Waals surface area contributed by atoms with E-state index in [1.165, 1.54) is 12.5 Å². The number of rotatable bonds is 8. The van der Waals surface area contributed by atoms with Crippen LogP contribution >= 0.6 is 0 Å². The summed E-state index contributed by atoms with van der Waals surface area (Å²) in [6, 6.07) is 1.69. The molecule has 48 heavy (non-hydrogen) atoms. The van der Waals surface area contributed by atoms with E-state index in [1.807, 2.05) is 6.92 Å². The molecule has 0 amide bonds. The van der Waals surface area contributed by atoms with E-state index >= 15 is 4.79 Å². The average Bonchev–Trinajstić information content (AvgIpc) is 3.69. The van der Waals surface area contributed by atoms with E-state index < -0.39 is 99.1 Å². The van der Waals surface area contributed by atoms with Crippen LogP contribution in [0.1, 0.15) is 92.2 Å². The van der Waals surface area contributed by atoms with Gasteiger partial charge in [0.25, 0.3) is 0 Å². The lowest BCUT2D eigenvalue weighted by Gasteiger charge is -2.66. The fourth-order valence-corrected chi connectivity index (χ4v) is 10.4. The largest absolute Gasteiger partial charge is 0.472 e. The molecule has 3 saturated carbocycles. The second kappa shape index (κ2) is 11.0. The molecule has 0 spiro atoms. The molecule has 2 N–H and O–H groups in total. The highest BCUT2D eigenvalue weighted by Gasteiger charge is 2.93. The van der Waals surface area contributed by atoms with E-state index in [2.05, 4.69) is 0 Å². The Hall–Kier alpha value is -3.51. The Morgan fingerprint density at radius 2 is 1.77 bits per heavy atom. The van der Waals surface area contributed by atoms with Crippen molar-refractivity contribution < 1.29 is 57.6 Å². The fourth-order valence-electron chi connectivity index (χ4n) is 10.4. The minimum Gasteiger partial charge on any atom is -0.472 e. The molecule has 2 bridgehead atoms. The van der Waals surface area contributed by atoms with Crippen molar-refractivity contribution in [2.75, 3.05) is 7.11 Å². The predicted molar refractivity (Wildman–Crippen MR) is 165 cm³/mol. The maximum Gasteiger partial charge on any atom is 0.335 e. The normalized spacial score (nSPS) is 40.9. The lowest BCUT2D eigenvalue weighted by molar-refractivity contribution is -0.288. The Labute approximate surface area is 279 Å². The first kappa shape index (κ1) is 34.4. The van der Waals surface area contributed by atoms with Gasteiger partial charge >= 0.3 is 23.9 Å². The fraction of sp³-hybridized carbons (Fsp3) is 0.694. The maximum atomic E-state index is 15.3. The summed E-state index contributed by atoms with van der Waals surface area (Å²) in [5.74, 6) is -6.89. The van der Waals surface area contributed by atoms with E-state index in [4.69, 9.17) is 23.4 Å². The highest BCUT2D eigenvalue weighted by atomic mass is 16.6. The highest BCUT2D eigenvalue weighted by Crippen LogP contribution is 2.81. The van der Waals surface area contributed by atoms with Crippen molar-refractivity contribution in [2.45, 2.75) is 110 Å². The van der Waals surface area contributed by atoms with Gasteiger partial charge in [-0.05, 0) is 36.8 Å². The first-order valence-electron chi connectivity index (χ1n) is 16.8. The van der Waals surface area contributed by atoms with Gasteiger partial charge < -0.3 is 33.6 Å². The number of fused-ring (bicyclic) bond motifs is 4. The van der Waals surface area contributed by atoms with Crippen LogP contribution in [-0.4, -0.2) is 70.4 Å². The Morgan fingerprint density at radius 3 is 2.35 bits per heavy atom. The van der Waals surface area contributed by atoms with Gasteiger partial charge in [-0.25, -0.2) is 4.79 Å². The molecule has 262 valence electrons. The molecule has 6 rings (SSSR count). The third kappa shape index (κ3) is 4.04.